The Morgan fingerprint density at radius 1 is 1.22 bits per heavy atom. The fraction of sp³-hybridized carbons (Fsp3) is 0. The van der Waals surface area contributed by atoms with Gasteiger partial charge in [-0.1, -0.05) is 4.49 Å². The van der Waals surface area contributed by atoms with Crippen LogP contribution in [0.2, 0.25) is 0 Å². The van der Waals surface area contributed by atoms with E-state index in [0.29, 0.717) is 5.65 Å². The zero-order valence-corrected chi connectivity index (χ0v) is 5.17. The first kappa shape index (κ1) is 4.75. The molecule has 4 nitrogen and oxygen atoms in total. The summed E-state index contributed by atoms with van der Waals surface area (Å²) < 4.78 is 3.67. The third-order valence-corrected chi connectivity index (χ3v) is 1.53. The monoisotopic (exact) mass is 138 g/mol. The Labute approximate surface area is 54.7 Å². The summed E-state index contributed by atoms with van der Waals surface area (Å²) >= 11 is 1.25. The van der Waals surface area contributed by atoms with E-state index >= 15 is 0 Å². The molecule has 0 N–H and O–H groups in total. The predicted octanol–water partition coefficient (Wildman–Crippen LogP) is 0.481. The summed E-state index contributed by atoms with van der Waals surface area (Å²) in [4.78, 5) is 8.68. The fourth-order valence-electron chi connectivity index (χ4n) is 0.549. The Morgan fingerprint density at radius 2 is 2.11 bits per heavy atom. The molecule has 0 saturated carbocycles. The van der Waals surface area contributed by atoms with Gasteiger partial charge < -0.3 is 0 Å². The Bertz CT molecular complexity index is 287. The summed E-state index contributed by atoms with van der Waals surface area (Å²) in [5.41, 5.74) is 0.627. The topological polar surface area (TPSA) is 51.6 Å². The first-order valence-electron chi connectivity index (χ1n) is 2.36. The molecule has 5 heteroatoms. The predicted molar refractivity (Wildman–Crippen MR) is 33.0 cm³/mol. The zero-order valence-electron chi connectivity index (χ0n) is 4.35. The van der Waals surface area contributed by atoms with Crippen molar-refractivity contribution in [2.45, 2.75) is 0 Å². The van der Waals surface area contributed by atoms with Crippen LogP contribution >= 0.6 is 11.5 Å². The van der Waals surface area contributed by atoms with Crippen molar-refractivity contribution in [3.05, 3.63) is 12.4 Å². The summed E-state index contributed by atoms with van der Waals surface area (Å²) in [6.45, 7) is 0. The lowest BCUT2D eigenvalue weighted by Crippen LogP contribution is -1.75. The minimum atomic E-state index is 0.627. The van der Waals surface area contributed by atoms with E-state index in [1.54, 1.807) is 12.4 Å². The molecular weight excluding hydrogens is 136 g/mol. The van der Waals surface area contributed by atoms with Crippen LogP contribution in [0, 0.1) is 0 Å². The first-order chi connectivity index (χ1) is 4.47. The molecule has 0 atom stereocenters. The van der Waals surface area contributed by atoms with Crippen LogP contribution < -0.4 is 0 Å². The summed E-state index contributed by atoms with van der Waals surface area (Å²) in [5, 5.41) is 3.71. The molecular formula is C4H2N4S. The van der Waals surface area contributed by atoms with E-state index in [-0.39, 0.29) is 0 Å². The summed E-state index contributed by atoms with van der Waals surface area (Å²) in [5.74, 6) is 0. The molecule has 0 fully saturated rings. The van der Waals surface area contributed by atoms with Gasteiger partial charge in [-0.05, 0) is 0 Å². The molecule has 0 radical (unpaired) electrons. The molecule has 0 aliphatic heterocycles. The van der Waals surface area contributed by atoms with Gasteiger partial charge in [-0.2, -0.15) is 0 Å². The minimum absolute atomic E-state index is 0.627. The highest BCUT2D eigenvalue weighted by atomic mass is 32.1. The molecule has 2 rings (SSSR count). The first-order valence-corrected chi connectivity index (χ1v) is 3.13. The van der Waals surface area contributed by atoms with Crippen molar-refractivity contribution in [3.8, 4) is 0 Å². The van der Waals surface area contributed by atoms with Gasteiger partial charge in [0.2, 0.25) is 5.65 Å². The second-order valence-electron chi connectivity index (χ2n) is 1.46. The summed E-state index contributed by atoms with van der Waals surface area (Å²) in [6.07, 6.45) is 3.23. The van der Waals surface area contributed by atoms with Crippen molar-refractivity contribution in [3.63, 3.8) is 0 Å². The minimum Gasteiger partial charge on any atom is -0.239 e. The molecule has 0 spiro atoms. The zero-order chi connectivity index (χ0) is 6.10. The molecule has 2 aromatic heterocycles. The van der Waals surface area contributed by atoms with Gasteiger partial charge in [0.1, 0.15) is 0 Å². The smallest absolute Gasteiger partial charge is 0.213 e. The largest absolute Gasteiger partial charge is 0.239 e. The third kappa shape index (κ3) is 0.655. The third-order valence-electron chi connectivity index (χ3n) is 0.909. The maximum atomic E-state index is 3.97. The van der Waals surface area contributed by atoms with E-state index in [0.717, 1.165) is 4.83 Å². The van der Waals surface area contributed by atoms with E-state index < -0.39 is 0 Å². The van der Waals surface area contributed by atoms with Gasteiger partial charge in [0.25, 0.3) is 0 Å². The number of aromatic nitrogens is 4. The number of fused-ring (bicyclic) bond motifs is 1. The summed E-state index contributed by atoms with van der Waals surface area (Å²) in [7, 11) is 0. The molecule has 2 heterocycles. The molecule has 2 aromatic rings. The molecule has 0 aromatic carbocycles. The Balaban J connectivity index is 2.95. The van der Waals surface area contributed by atoms with Gasteiger partial charge in [0.05, 0.1) is 0 Å². The Hall–Kier alpha value is -1.10. The molecule has 9 heavy (non-hydrogen) atoms. The number of nitrogens with zero attached hydrogens (tertiary/aromatic N) is 4. The SMILES string of the molecule is c1cnc2snnc2n1. The maximum absolute atomic E-state index is 3.97. The highest BCUT2D eigenvalue weighted by Gasteiger charge is 1.95. The van der Waals surface area contributed by atoms with Crippen LogP contribution in [0.4, 0.5) is 0 Å². The Morgan fingerprint density at radius 3 is 3.00 bits per heavy atom. The molecule has 0 unspecified atom stereocenters. The van der Waals surface area contributed by atoms with Crippen molar-refractivity contribution in [2.75, 3.05) is 0 Å². The van der Waals surface area contributed by atoms with Crippen molar-refractivity contribution in [1.29, 1.82) is 0 Å². The van der Waals surface area contributed by atoms with Crippen LogP contribution in [-0.4, -0.2) is 19.6 Å². The molecule has 0 saturated heterocycles. The van der Waals surface area contributed by atoms with E-state index in [9.17, 15) is 0 Å². The quantitative estimate of drug-likeness (QED) is 0.531. The number of hydrogen-bond acceptors (Lipinski definition) is 5. The van der Waals surface area contributed by atoms with Crippen LogP contribution in [0.15, 0.2) is 12.4 Å². The molecule has 44 valence electrons. The van der Waals surface area contributed by atoms with Gasteiger partial charge in [-0.15, -0.1) is 5.10 Å². The van der Waals surface area contributed by atoms with E-state index in [1.807, 2.05) is 0 Å². The number of rotatable bonds is 0. The van der Waals surface area contributed by atoms with Gasteiger partial charge >= 0.3 is 0 Å². The van der Waals surface area contributed by atoms with Crippen molar-refractivity contribution in [2.24, 2.45) is 0 Å². The molecule has 0 aliphatic carbocycles. The second kappa shape index (κ2) is 1.70. The lowest BCUT2D eigenvalue weighted by Gasteiger charge is -1.77. The van der Waals surface area contributed by atoms with Crippen molar-refractivity contribution >= 4 is 22.0 Å². The van der Waals surface area contributed by atoms with Crippen LogP contribution in [0.25, 0.3) is 10.5 Å². The fourth-order valence-corrected chi connectivity index (χ4v) is 1.03. The Kier molecular flexibility index (Phi) is 0.895. The maximum Gasteiger partial charge on any atom is 0.213 e. The average Bonchev–Trinajstić information content (AvgIpc) is 2.33. The second-order valence-corrected chi connectivity index (χ2v) is 2.19. The van der Waals surface area contributed by atoms with Crippen LogP contribution in [0.1, 0.15) is 0 Å². The van der Waals surface area contributed by atoms with E-state index in [4.69, 9.17) is 0 Å². The van der Waals surface area contributed by atoms with E-state index in [1.165, 1.54) is 11.5 Å². The number of hydrogen-bond donors (Lipinski definition) is 0. The van der Waals surface area contributed by atoms with Gasteiger partial charge in [-0.25, -0.2) is 9.97 Å². The van der Waals surface area contributed by atoms with Gasteiger partial charge in [0, 0.05) is 23.9 Å². The molecule has 0 amide bonds. The van der Waals surface area contributed by atoms with Crippen LogP contribution in [0.3, 0.4) is 0 Å². The van der Waals surface area contributed by atoms with E-state index in [2.05, 4.69) is 19.6 Å². The van der Waals surface area contributed by atoms with Crippen LogP contribution in [0.5, 0.6) is 0 Å². The van der Waals surface area contributed by atoms with Crippen LogP contribution in [-0.2, 0) is 0 Å². The molecule has 0 bridgehead atoms. The lowest BCUT2D eigenvalue weighted by molar-refractivity contribution is 1.15. The standard InChI is InChI=1S/C4H2N4S/c1-2-6-4-3(5-1)7-8-9-4/h1-2H. The molecule has 0 aliphatic rings. The van der Waals surface area contributed by atoms with Crippen molar-refractivity contribution < 1.29 is 0 Å². The normalized spacial score (nSPS) is 10.2. The average molecular weight is 138 g/mol. The highest BCUT2D eigenvalue weighted by Crippen LogP contribution is 2.05. The lowest BCUT2D eigenvalue weighted by atomic mass is 10.7. The van der Waals surface area contributed by atoms with Gasteiger partial charge in [-0.3, -0.25) is 0 Å². The van der Waals surface area contributed by atoms with Crippen molar-refractivity contribution in [1.82, 2.24) is 19.6 Å². The summed E-state index contributed by atoms with van der Waals surface area (Å²) in [6, 6.07) is 0. The van der Waals surface area contributed by atoms with Gasteiger partial charge in [0.15, 0.2) is 4.83 Å². The highest BCUT2D eigenvalue weighted by molar-refractivity contribution is 7.12.